The molecule has 0 aromatic heterocycles. The summed E-state index contributed by atoms with van der Waals surface area (Å²) in [5, 5.41) is 4.37. The van der Waals surface area contributed by atoms with E-state index in [1.165, 1.54) is 6.21 Å². The van der Waals surface area contributed by atoms with E-state index in [2.05, 4.69) is 29.3 Å². The summed E-state index contributed by atoms with van der Waals surface area (Å²) in [6.07, 6.45) is 3.17. The number of hydrogen-bond donors (Lipinski definition) is 2. The van der Waals surface area contributed by atoms with Crippen LogP contribution in [-0.2, 0) is 0 Å². The minimum atomic E-state index is 0.0864. The highest BCUT2D eigenvalue weighted by molar-refractivity contribution is 7.80. The van der Waals surface area contributed by atoms with Crippen molar-refractivity contribution in [2.45, 2.75) is 6.92 Å². The third-order valence-corrected chi connectivity index (χ3v) is 2.44. The monoisotopic (exact) mass is 313 g/mol. The van der Waals surface area contributed by atoms with E-state index in [1.807, 2.05) is 6.92 Å². The molecule has 0 atom stereocenters. The van der Waals surface area contributed by atoms with Crippen LogP contribution in [0.2, 0.25) is 5.02 Å². The van der Waals surface area contributed by atoms with Gasteiger partial charge in [-0.2, -0.15) is 5.10 Å². The van der Waals surface area contributed by atoms with Crippen molar-refractivity contribution in [3.63, 3.8) is 0 Å². The van der Waals surface area contributed by atoms with Crippen molar-refractivity contribution in [2.75, 3.05) is 13.2 Å². The van der Waals surface area contributed by atoms with E-state index >= 15 is 0 Å². The molecule has 0 saturated carbocycles. The molecule has 0 aliphatic heterocycles. The van der Waals surface area contributed by atoms with E-state index in [9.17, 15) is 0 Å². The lowest BCUT2D eigenvalue weighted by molar-refractivity contribution is 0.297. The zero-order valence-electron chi connectivity index (χ0n) is 11.1. The third-order valence-electron chi connectivity index (χ3n) is 2.07. The fourth-order valence-electron chi connectivity index (χ4n) is 1.38. The van der Waals surface area contributed by atoms with Gasteiger partial charge in [0.05, 0.1) is 17.8 Å². The SMILES string of the molecule is C=CCOc1c(Cl)cc(C=NNC(N)=S)cc1OCC. The molecule has 20 heavy (non-hydrogen) atoms. The molecule has 0 aliphatic rings. The van der Waals surface area contributed by atoms with Gasteiger partial charge < -0.3 is 15.2 Å². The van der Waals surface area contributed by atoms with Gasteiger partial charge in [0.1, 0.15) is 6.61 Å². The molecule has 0 bridgehead atoms. The topological polar surface area (TPSA) is 68.9 Å². The minimum absolute atomic E-state index is 0.0864. The lowest BCUT2D eigenvalue weighted by atomic mass is 10.2. The van der Waals surface area contributed by atoms with E-state index in [1.54, 1.807) is 18.2 Å². The molecular weight excluding hydrogens is 298 g/mol. The van der Waals surface area contributed by atoms with Crippen LogP contribution < -0.4 is 20.6 Å². The smallest absolute Gasteiger partial charge is 0.184 e. The van der Waals surface area contributed by atoms with Gasteiger partial charge in [0.15, 0.2) is 16.6 Å². The van der Waals surface area contributed by atoms with Gasteiger partial charge in [-0.25, -0.2) is 0 Å². The number of hydrogen-bond acceptors (Lipinski definition) is 4. The van der Waals surface area contributed by atoms with E-state index in [-0.39, 0.29) is 5.11 Å². The second kappa shape index (κ2) is 8.39. The van der Waals surface area contributed by atoms with Crippen LogP contribution in [0.3, 0.4) is 0 Å². The van der Waals surface area contributed by atoms with Gasteiger partial charge in [0, 0.05) is 0 Å². The normalized spacial score (nSPS) is 10.3. The van der Waals surface area contributed by atoms with Crippen molar-refractivity contribution >= 4 is 35.1 Å². The Balaban J connectivity index is 3.02. The Kier molecular flexibility index (Phi) is 6.83. The summed E-state index contributed by atoms with van der Waals surface area (Å²) >= 11 is 10.8. The minimum Gasteiger partial charge on any atom is -0.490 e. The van der Waals surface area contributed by atoms with Gasteiger partial charge in [0.25, 0.3) is 0 Å². The predicted octanol–water partition coefficient (Wildman–Crippen LogP) is 2.47. The van der Waals surface area contributed by atoms with E-state index in [4.69, 9.17) is 26.8 Å². The first-order valence-corrected chi connectivity index (χ1v) is 6.65. The lowest BCUT2D eigenvalue weighted by Gasteiger charge is -2.13. The number of thiocarbonyl (C=S) groups is 1. The first kappa shape index (κ1) is 16.3. The molecular formula is C13H16ClN3O2S. The molecule has 0 heterocycles. The first-order valence-electron chi connectivity index (χ1n) is 5.87. The van der Waals surface area contributed by atoms with Crippen molar-refractivity contribution in [3.8, 4) is 11.5 Å². The number of hydrazone groups is 1. The Morgan fingerprint density at radius 1 is 1.55 bits per heavy atom. The molecule has 7 heteroatoms. The lowest BCUT2D eigenvalue weighted by Crippen LogP contribution is -2.23. The van der Waals surface area contributed by atoms with Gasteiger partial charge in [-0.05, 0) is 36.8 Å². The van der Waals surface area contributed by atoms with Crippen molar-refractivity contribution in [3.05, 3.63) is 35.4 Å². The standard InChI is InChI=1S/C13H16ClN3O2S/c1-3-5-19-12-10(14)6-9(7-11(12)18-4-2)8-16-17-13(15)20/h3,6-8H,1,4-5H2,2H3,(H3,15,17,20). The Bertz CT molecular complexity index is 521. The largest absolute Gasteiger partial charge is 0.490 e. The van der Waals surface area contributed by atoms with E-state index in [0.29, 0.717) is 29.7 Å². The van der Waals surface area contributed by atoms with Gasteiger partial charge >= 0.3 is 0 Å². The molecule has 0 aliphatic carbocycles. The summed E-state index contributed by atoms with van der Waals surface area (Å²) in [5.41, 5.74) is 8.46. The molecule has 5 nitrogen and oxygen atoms in total. The number of rotatable bonds is 7. The van der Waals surface area contributed by atoms with Gasteiger partial charge in [0.2, 0.25) is 0 Å². The van der Waals surface area contributed by atoms with Crippen LogP contribution >= 0.6 is 23.8 Å². The molecule has 3 N–H and O–H groups in total. The molecule has 0 amide bonds. The maximum Gasteiger partial charge on any atom is 0.184 e. The van der Waals surface area contributed by atoms with Crippen LogP contribution in [0, 0.1) is 0 Å². The summed E-state index contributed by atoms with van der Waals surface area (Å²) < 4.78 is 11.0. The number of nitrogens with zero attached hydrogens (tertiary/aromatic N) is 1. The zero-order valence-corrected chi connectivity index (χ0v) is 12.6. The highest BCUT2D eigenvalue weighted by Gasteiger charge is 2.11. The maximum atomic E-state index is 6.18. The fraction of sp³-hybridized carbons (Fsp3) is 0.231. The predicted molar refractivity (Wildman–Crippen MR) is 85.8 cm³/mol. The third kappa shape index (κ3) is 5.07. The van der Waals surface area contributed by atoms with Crippen LogP contribution in [0.15, 0.2) is 29.9 Å². The summed E-state index contributed by atoms with van der Waals surface area (Å²) in [6, 6.07) is 3.46. The Morgan fingerprint density at radius 3 is 2.90 bits per heavy atom. The highest BCUT2D eigenvalue weighted by Crippen LogP contribution is 2.36. The Labute approximate surface area is 128 Å². The van der Waals surface area contributed by atoms with Crippen LogP contribution in [-0.4, -0.2) is 24.5 Å². The highest BCUT2D eigenvalue weighted by atomic mass is 35.5. The van der Waals surface area contributed by atoms with Crippen LogP contribution in [0.1, 0.15) is 12.5 Å². The summed E-state index contributed by atoms with van der Waals surface area (Å²) in [4.78, 5) is 0. The Morgan fingerprint density at radius 2 is 2.30 bits per heavy atom. The second-order valence-corrected chi connectivity index (χ2v) is 4.44. The van der Waals surface area contributed by atoms with E-state index < -0.39 is 0 Å². The number of nitrogens with one attached hydrogen (secondary N) is 1. The average Bonchev–Trinajstić information content (AvgIpc) is 2.38. The molecule has 0 saturated heterocycles. The number of benzene rings is 1. The summed E-state index contributed by atoms with van der Waals surface area (Å²) in [7, 11) is 0. The molecule has 0 unspecified atom stereocenters. The molecule has 1 aromatic carbocycles. The first-order chi connectivity index (χ1) is 9.58. The van der Waals surface area contributed by atoms with Crippen molar-refractivity contribution < 1.29 is 9.47 Å². The van der Waals surface area contributed by atoms with Crippen LogP contribution in [0.4, 0.5) is 0 Å². The average molecular weight is 314 g/mol. The van der Waals surface area contributed by atoms with Gasteiger partial charge in [-0.3, -0.25) is 5.43 Å². The van der Waals surface area contributed by atoms with Crippen molar-refractivity contribution in [1.29, 1.82) is 0 Å². The number of ether oxygens (including phenoxy) is 2. The fourth-order valence-corrected chi connectivity index (χ4v) is 1.70. The second-order valence-electron chi connectivity index (χ2n) is 3.60. The maximum absolute atomic E-state index is 6.18. The number of halogens is 1. The van der Waals surface area contributed by atoms with Crippen molar-refractivity contribution in [1.82, 2.24) is 5.43 Å². The molecule has 1 rings (SSSR count). The molecule has 1 aromatic rings. The molecule has 0 spiro atoms. The van der Waals surface area contributed by atoms with Crippen LogP contribution in [0.5, 0.6) is 11.5 Å². The van der Waals surface area contributed by atoms with Gasteiger partial charge in [-0.1, -0.05) is 24.3 Å². The van der Waals surface area contributed by atoms with Gasteiger partial charge in [-0.15, -0.1) is 0 Å². The van der Waals surface area contributed by atoms with Crippen LogP contribution in [0.25, 0.3) is 0 Å². The molecule has 0 fully saturated rings. The Hall–Kier alpha value is -1.79. The quantitative estimate of drug-likeness (QED) is 0.350. The van der Waals surface area contributed by atoms with Crippen molar-refractivity contribution in [2.24, 2.45) is 10.8 Å². The molecule has 0 radical (unpaired) electrons. The zero-order chi connectivity index (χ0) is 15.0. The summed E-state index contributed by atoms with van der Waals surface area (Å²) in [6.45, 7) is 6.30. The molecule has 108 valence electrons. The number of nitrogens with two attached hydrogens (primary N) is 1. The summed E-state index contributed by atoms with van der Waals surface area (Å²) in [5.74, 6) is 1.02. The van der Waals surface area contributed by atoms with E-state index in [0.717, 1.165) is 5.56 Å².